The largest absolute Gasteiger partial charge is 0.126 e. The molecule has 1 radical (unpaired) electrons. The zero-order valence-corrected chi connectivity index (χ0v) is 8.13. The molecule has 0 spiro atoms. The molecule has 1 aromatic rings. The second-order valence-electron chi connectivity index (χ2n) is 1.80. The molecule has 0 atom stereocenters. The van der Waals surface area contributed by atoms with Gasteiger partial charge in [0.2, 0.25) is 0 Å². The lowest BCUT2D eigenvalue weighted by atomic mass is 10.4. The number of rotatable bonds is 2. The van der Waals surface area contributed by atoms with Gasteiger partial charge >= 0.3 is 0 Å². The third-order valence-corrected chi connectivity index (χ3v) is 2.37. The molecule has 0 fully saturated rings. The lowest BCUT2D eigenvalue weighted by Crippen LogP contribution is -1.72. The van der Waals surface area contributed by atoms with Crippen molar-refractivity contribution in [3.63, 3.8) is 0 Å². The van der Waals surface area contributed by atoms with E-state index in [1.54, 1.807) is 11.8 Å². The first-order chi connectivity index (χ1) is 4.83. The van der Waals surface area contributed by atoms with Gasteiger partial charge in [0.05, 0.1) is 0 Å². The van der Waals surface area contributed by atoms with E-state index in [0.717, 1.165) is 10.2 Å². The second-order valence-corrected chi connectivity index (χ2v) is 4.03. The monoisotopic (exact) mass is 215 g/mol. The highest BCUT2D eigenvalue weighted by Gasteiger charge is 1.91. The van der Waals surface area contributed by atoms with Crippen LogP contribution in [-0.4, -0.2) is 5.75 Å². The van der Waals surface area contributed by atoms with Crippen LogP contribution in [0.5, 0.6) is 0 Å². The van der Waals surface area contributed by atoms with Crippen molar-refractivity contribution in [3.05, 3.63) is 28.7 Å². The summed E-state index contributed by atoms with van der Waals surface area (Å²) in [5.41, 5.74) is 0. The molecule has 1 aromatic carbocycles. The lowest BCUT2D eigenvalue weighted by molar-refractivity contribution is 1.40. The smallest absolute Gasteiger partial charge is 0.0186 e. The molecule has 0 aliphatic heterocycles. The summed E-state index contributed by atoms with van der Waals surface area (Å²) in [6, 6.07) is 9.14. The fraction of sp³-hybridized carbons (Fsp3) is 0.250. The van der Waals surface area contributed by atoms with Crippen molar-refractivity contribution in [2.24, 2.45) is 0 Å². The topological polar surface area (TPSA) is 0 Å². The second kappa shape index (κ2) is 4.04. The third kappa shape index (κ3) is 2.35. The van der Waals surface area contributed by atoms with Crippen molar-refractivity contribution in [2.75, 3.05) is 5.75 Å². The van der Waals surface area contributed by atoms with Gasteiger partial charge in [-0.05, 0) is 24.0 Å². The van der Waals surface area contributed by atoms with Gasteiger partial charge in [0.25, 0.3) is 0 Å². The van der Waals surface area contributed by atoms with Gasteiger partial charge in [-0.1, -0.05) is 28.9 Å². The van der Waals surface area contributed by atoms with Gasteiger partial charge in [0.15, 0.2) is 0 Å². The van der Waals surface area contributed by atoms with Gasteiger partial charge in [-0.25, -0.2) is 0 Å². The average Bonchev–Trinajstić information content (AvgIpc) is 1.88. The number of thioether (sulfide) groups is 1. The molecular formula is C8H8BrS. The minimum atomic E-state index is 1.10. The van der Waals surface area contributed by atoms with Crippen LogP contribution in [0.3, 0.4) is 0 Å². The van der Waals surface area contributed by atoms with E-state index in [-0.39, 0.29) is 0 Å². The first-order valence-electron chi connectivity index (χ1n) is 3.13. The van der Waals surface area contributed by atoms with E-state index < -0.39 is 0 Å². The predicted molar refractivity (Wildman–Crippen MR) is 49.4 cm³/mol. The molecule has 0 aliphatic carbocycles. The molecule has 0 unspecified atom stereocenters. The number of benzene rings is 1. The van der Waals surface area contributed by atoms with E-state index in [0.29, 0.717) is 0 Å². The van der Waals surface area contributed by atoms with E-state index in [1.165, 1.54) is 4.90 Å². The Labute approximate surface area is 74.2 Å². The molecule has 2 heteroatoms. The SMILES string of the molecule is CCSc1[c]ccc(Br)c1. The van der Waals surface area contributed by atoms with Crippen LogP contribution in [0, 0.1) is 6.07 Å². The zero-order chi connectivity index (χ0) is 7.40. The van der Waals surface area contributed by atoms with Gasteiger partial charge in [0.1, 0.15) is 0 Å². The van der Waals surface area contributed by atoms with Gasteiger partial charge in [-0.15, -0.1) is 11.8 Å². The Morgan fingerprint density at radius 1 is 1.70 bits per heavy atom. The minimum Gasteiger partial charge on any atom is -0.126 e. The number of halogens is 1. The van der Waals surface area contributed by atoms with Gasteiger partial charge in [-0.2, -0.15) is 0 Å². The fourth-order valence-corrected chi connectivity index (χ4v) is 1.84. The molecule has 0 aliphatic rings. The lowest BCUT2D eigenvalue weighted by Gasteiger charge is -1.96. The number of hydrogen-bond donors (Lipinski definition) is 0. The van der Waals surface area contributed by atoms with Crippen molar-refractivity contribution in [3.8, 4) is 0 Å². The van der Waals surface area contributed by atoms with E-state index >= 15 is 0 Å². The summed E-state index contributed by atoms with van der Waals surface area (Å²) < 4.78 is 1.13. The Morgan fingerprint density at radius 3 is 3.10 bits per heavy atom. The van der Waals surface area contributed by atoms with Crippen LogP contribution in [0.1, 0.15) is 6.92 Å². The van der Waals surface area contributed by atoms with Crippen LogP contribution >= 0.6 is 27.7 Å². The Hall–Kier alpha value is 0.0500. The molecule has 53 valence electrons. The van der Waals surface area contributed by atoms with Crippen molar-refractivity contribution in [1.82, 2.24) is 0 Å². The predicted octanol–water partition coefficient (Wildman–Crippen LogP) is 3.36. The fourth-order valence-electron chi connectivity index (χ4n) is 0.657. The minimum absolute atomic E-state index is 1.10. The quantitative estimate of drug-likeness (QED) is 0.683. The Balaban J connectivity index is 2.75. The molecular weight excluding hydrogens is 208 g/mol. The molecule has 0 saturated heterocycles. The molecule has 0 nitrogen and oxygen atoms in total. The average molecular weight is 216 g/mol. The molecule has 0 saturated carbocycles. The maximum Gasteiger partial charge on any atom is 0.0186 e. The van der Waals surface area contributed by atoms with Gasteiger partial charge in [0, 0.05) is 9.37 Å². The van der Waals surface area contributed by atoms with Crippen molar-refractivity contribution >= 4 is 27.7 Å². The summed E-state index contributed by atoms with van der Waals surface area (Å²) in [5, 5.41) is 0. The van der Waals surface area contributed by atoms with E-state index in [9.17, 15) is 0 Å². The zero-order valence-electron chi connectivity index (χ0n) is 5.73. The molecule has 0 aromatic heterocycles. The van der Waals surface area contributed by atoms with Crippen LogP contribution in [-0.2, 0) is 0 Å². The standard InChI is InChI=1S/C8H8BrS/c1-2-10-8-5-3-4-7(9)6-8/h3-4,6H,2H2,1H3. The maximum absolute atomic E-state index is 3.40. The number of hydrogen-bond acceptors (Lipinski definition) is 1. The van der Waals surface area contributed by atoms with Gasteiger partial charge in [-0.3, -0.25) is 0 Å². The van der Waals surface area contributed by atoms with Crippen molar-refractivity contribution in [2.45, 2.75) is 11.8 Å². The summed E-state index contributed by atoms with van der Waals surface area (Å²) in [7, 11) is 0. The highest BCUT2D eigenvalue weighted by atomic mass is 79.9. The summed E-state index contributed by atoms with van der Waals surface area (Å²) >= 11 is 5.20. The molecule has 10 heavy (non-hydrogen) atoms. The summed E-state index contributed by atoms with van der Waals surface area (Å²) in [6.07, 6.45) is 0. The summed E-state index contributed by atoms with van der Waals surface area (Å²) in [4.78, 5) is 1.21. The van der Waals surface area contributed by atoms with Crippen LogP contribution in [0.4, 0.5) is 0 Å². The normalized spacial score (nSPS) is 9.80. The summed E-state index contributed by atoms with van der Waals surface area (Å²) in [5.74, 6) is 1.10. The van der Waals surface area contributed by atoms with Crippen LogP contribution in [0.15, 0.2) is 27.6 Å². The highest BCUT2D eigenvalue weighted by molar-refractivity contribution is 9.10. The highest BCUT2D eigenvalue weighted by Crippen LogP contribution is 2.20. The van der Waals surface area contributed by atoms with Crippen LogP contribution in [0.2, 0.25) is 0 Å². The van der Waals surface area contributed by atoms with E-state index in [1.807, 2.05) is 12.1 Å². The summed E-state index contributed by atoms with van der Waals surface area (Å²) in [6.45, 7) is 2.14. The van der Waals surface area contributed by atoms with E-state index in [2.05, 4.69) is 35.0 Å². The molecule has 0 amide bonds. The molecule has 0 N–H and O–H groups in total. The van der Waals surface area contributed by atoms with Crippen LogP contribution in [0.25, 0.3) is 0 Å². The van der Waals surface area contributed by atoms with Crippen molar-refractivity contribution < 1.29 is 0 Å². The Bertz CT molecular complexity index is 210. The Kier molecular flexibility index (Phi) is 3.29. The Morgan fingerprint density at radius 2 is 2.50 bits per heavy atom. The molecule has 0 heterocycles. The third-order valence-electron chi connectivity index (χ3n) is 1.04. The van der Waals surface area contributed by atoms with E-state index in [4.69, 9.17) is 0 Å². The van der Waals surface area contributed by atoms with Gasteiger partial charge < -0.3 is 0 Å². The van der Waals surface area contributed by atoms with Crippen molar-refractivity contribution in [1.29, 1.82) is 0 Å². The van der Waals surface area contributed by atoms with Crippen LogP contribution < -0.4 is 0 Å². The first kappa shape index (κ1) is 8.15. The maximum atomic E-state index is 3.40. The first-order valence-corrected chi connectivity index (χ1v) is 4.91. The molecule has 0 bridgehead atoms. The molecule has 1 rings (SSSR count).